The lowest BCUT2D eigenvalue weighted by molar-refractivity contribution is -0.118. The zero-order valence-corrected chi connectivity index (χ0v) is 30.5. The molecule has 1 unspecified atom stereocenters. The molecular formula is C30H34FN11O11PS+. The molecule has 6 heterocycles. The summed E-state index contributed by atoms with van der Waals surface area (Å²) in [6.07, 6.45) is -6.92. The Bertz CT molecular complexity index is 2380. The molecule has 4 aromatic heterocycles. The number of aliphatic hydroxyl groups is 1. The van der Waals surface area contributed by atoms with Crippen molar-refractivity contribution in [2.24, 2.45) is 5.92 Å². The fourth-order valence-electron chi connectivity index (χ4n) is 6.08. The number of para-hydroxylation sites is 1. The number of rotatable bonds is 14. The van der Waals surface area contributed by atoms with Crippen molar-refractivity contribution in [3.63, 3.8) is 0 Å². The lowest BCUT2D eigenvalue weighted by Crippen LogP contribution is -2.41. The van der Waals surface area contributed by atoms with Gasteiger partial charge in [0.05, 0.1) is 25.4 Å². The molecule has 2 fully saturated rings. The second-order valence-corrected chi connectivity index (χ2v) is 14.8. The summed E-state index contributed by atoms with van der Waals surface area (Å²) < 4.78 is 81.2. The fourth-order valence-corrected chi connectivity index (χ4v) is 7.47. The van der Waals surface area contributed by atoms with E-state index in [-0.39, 0.29) is 34.7 Å². The highest BCUT2D eigenvalue weighted by molar-refractivity contribution is 7.84. The van der Waals surface area contributed by atoms with Gasteiger partial charge in [0.15, 0.2) is 52.9 Å². The number of anilines is 3. The molecule has 0 aliphatic carbocycles. The van der Waals surface area contributed by atoms with Gasteiger partial charge in [-0.05, 0) is 12.1 Å². The van der Waals surface area contributed by atoms with Gasteiger partial charge in [0.1, 0.15) is 18.5 Å². The SMILES string of the molecule is CC(C)C(=O)Nc1nc2c(ncn2[C@@H]2O[C@H](CO)C[C@H]2OS(=O)(=O)NC[C@H]2O[C@@H](n3cnc4c(Nc5ccccc5)ncnc43)[C@H](F)[C@@H]2O[P+](=O)O)c(=O)[nH]1. The third kappa shape index (κ3) is 8.08. The minimum absolute atomic E-state index is 0.0805. The van der Waals surface area contributed by atoms with Crippen molar-refractivity contribution in [1.29, 1.82) is 0 Å². The number of aromatic nitrogens is 8. The lowest BCUT2D eigenvalue weighted by atomic mass is 10.1. The maximum absolute atomic E-state index is 16.0. The van der Waals surface area contributed by atoms with Gasteiger partial charge in [-0.2, -0.15) is 18.1 Å². The average Bonchev–Trinajstić information content (AvgIpc) is 3.93. The van der Waals surface area contributed by atoms with E-state index >= 15 is 4.39 Å². The minimum Gasteiger partial charge on any atom is -0.394 e. The molecule has 8 atom stereocenters. The van der Waals surface area contributed by atoms with Gasteiger partial charge in [-0.25, -0.2) is 28.5 Å². The number of hydrogen-bond acceptors (Lipinski definition) is 16. The van der Waals surface area contributed by atoms with Crippen LogP contribution >= 0.6 is 8.25 Å². The molecular weight excluding hydrogens is 772 g/mol. The second-order valence-electron chi connectivity index (χ2n) is 12.7. The number of halogens is 1. The number of alkyl halides is 1. The number of H-pyrrole nitrogens is 1. The first-order valence-electron chi connectivity index (χ1n) is 16.7. The van der Waals surface area contributed by atoms with Crippen molar-refractivity contribution >= 4 is 64.2 Å². The van der Waals surface area contributed by atoms with Crippen molar-refractivity contribution < 1.29 is 50.3 Å². The number of ether oxygens (including phenoxy) is 2. The van der Waals surface area contributed by atoms with Crippen LogP contribution in [0, 0.1) is 5.92 Å². The molecule has 7 rings (SSSR count). The molecule has 292 valence electrons. The summed E-state index contributed by atoms with van der Waals surface area (Å²) >= 11 is 0. The fraction of sp³-hybridized carbons (Fsp3) is 0.433. The molecule has 0 bridgehead atoms. The topological polar surface area (TPSA) is 289 Å². The van der Waals surface area contributed by atoms with E-state index in [0.29, 0.717) is 11.5 Å². The van der Waals surface area contributed by atoms with E-state index in [2.05, 4.69) is 45.3 Å². The Balaban J connectivity index is 1.09. The van der Waals surface area contributed by atoms with E-state index in [9.17, 15) is 32.6 Å². The average molecular weight is 807 g/mol. The number of nitrogens with zero attached hydrogens (tertiary/aromatic N) is 7. The van der Waals surface area contributed by atoms with Crippen molar-refractivity contribution in [2.45, 2.75) is 63.3 Å². The van der Waals surface area contributed by atoms with Crippen LogP contribution in [-0.2, 0) is 37.8 Å². The van der Waals surface area contributed by atoms with Crippen LogP contribution in [0.3, 0.4) is 0 Å². The summed E-state index contributed by atoms with van der Waals surface area (Å²) in [4.78, 5) is 58.0. The Morgan fingerprint density at radius 3 is 2.53 bits per heavy atom. The van der Waals surface area contributed by atoms with Crippen LogP contribution in [0.1, 0.15) is 32.7 Å². The number of hydrogen-bond donors (Lipinski definition) is 6. The summed E-state index contributed by atoms with van der Waals surface area (Å²) in [5.74, 6) is -0.759. The first-order chi connectivity index (χ1) is 26.3. The predicted octanol–water partition coefficient (Wildman–Crippen LogP) is 1.07. The van der Waals surface area contributed by atoms with Gasteiger partial charge in [0, 0.05) is 29.1 Å². The van der Waals surface area contributed by atoms with Crippen molar-refractivity contribution in [3.05, 3.63) is 59.7 Å². The van der Waals surface area contributed by atoms with E-state index in [1.165, 1.54) is 28.1 Å². The number of nitrogens with one attached hydrogen (secondary N) is 4. The first kappa shape index (κ1) is 38.4. The van der Waals surface area contributed by atoms with Crippen LogP contribution in [0.25, 0.3) is 22.3 Å². The highest BCUT2D eigenvalue weighted by Crippen LogP contribution is 2.39. The summed E-state index contributed by atoms with van der Waals surface area (Å²) in [5, 5.41) is 15.4. The molecule has 22 nitrogen and oxygen atoms in total. The number of fused-ring (bicyclic) bond motifs is 2. The maximum Gasteiger partial charge on any atom is 0.695 e. The predicted molar refractivity (Wildman–Crippen MR) is 188 cm³/mol. The van der Waals surface area contributed by atoms with E-state index < -0.39 is 92.1 Å². The van der Waals surface area contributed by atoms with Crippen LogP contribution in [0.4, 0.5) is 21.8 Å². The first-order valence-corrected chi connectivity index (χ1v) is 19.2. The van der Waals surface area contributed by atoms with Gasteiger partial charge in [-0.3, -0.25) is 29.0 Å². The van der Waals surface area contributed by atoms with Crippen LogP contribution < -0.4 is 20.9 Å². The molecule has 5 aromatic rings. The Hall–Kier alpha value is -4.91. The van der Waals surface area contributed by atoms with E-state index in [4.69, 9.17) is 18.2 Å². The van der Waals surface area contributed by atoms with E-state index in [0.717, 1.165) is 0 Å². The molecule has 0 radical (unpaired) electrons. The summed E-state index contributed by atoms with van der Waals surface area (Å²) in [7, 11) is -8.11. The third-order valence-corrected chi connectivity index (χ3v) is 10.1. The Morgan fingerprint density at radius 2 is 1.82 bits per heavy atom. The molecule has 25 heteroatoms. The zero-order chi connectivity index (χ0) is 39.0. The highest BCUT2D eigenvalue weighted by atomic mass is 32.2. The van der Waals surface area contributed by atoms with E-state index in [1.54, 1.807) is 26.0 Å². The van der Waals surface area contributed by atoms with Gasteiger partial charge >= 0.3 is 18.6 Å². The number of carbonyl (C=O) groups excluding carboxylic acids is 1. The van der Waals surface area contributed by atoms with Crippen LogP contribution in [0.5, 0.6) is 0 Å². The molecule has 0 spiro atoms. The van der Waals surface area contributed by atoms with Crippen LogP contribution in [-0.4, -0.2) is 107 Å². The number of aliphatic hydroxyl groups excluding tert-OH is 1. The molecule has 55 heavy (non-hydrogen) atoms. The summed E-state index contributed by atoms with van der Waals surface area (Å²) in [6.45, 7) is 2.06. The summed E-state index contributed by atoms with van der Waals surface area (Å²) in [6, 6.07) is 9.05. The number of amides is 1. The molecule has 2 saturated heterocycles. The Kier molecular flexibility index (Phi) is 10.9. The summed E-state index contributed by atoms with van der Waals surface area (Å²) in [5.41, 5.74) is 0.155. The normalized spacial score (nSPS) is 24.5. The number of imidazole rings is 2. The largest absolute Gasteiger partial charge is 0.695 e. The van der Waals surface area contributed by atoms with Gasteiger partial charge in [-0.1, -0.05) is 32.0 Å². The molecule has 6 N–H and O–H groups in total. The monoisotopic (exact) mass is 806 g/mol. The van der Waals surface area contributed by atoms with Gasteiger partial charge in [0.2, 0.25) is 11.9 Å². The van der Waals surface area contributed by atoms with Crippen LogP contribution in [0.15, 0.2) is 54.1 Å². The second kappa shape index (κ2) is 15.7. The van der Waals surface area contributed by atoms with Crippen molar-refractivity contribution in [1.82, 2.24) is 43.8 Å². The molecule has 2 aliphatic rings. The zero-order valence-electron chi connectivity index (χ0n) is 28.8. The van der Waals surface area contributed by atoms with Gasteiger partial charge < -0.3 is 19.9 Å². The van der Waals surface area contributed by atoms with Crippen molar-refractivity contribution in [2.75, 3.05) is 23.8 Å². The molecule has 0 saturated carbocycles. The van der Waals surface area contributed by atoms with Crippen molar-refractivity contribution in [3.8, 4) is 0 Å². The Labute approximate surface area is 310 Å². The van der Waals surface area contributed by atoms with Gasteiger partial charge in [0.25, 0.3) is 5.56 Å². The smallest absolute Gasteiger partial charge is 0.394 e. The standard InChI is InChI=1S/C30H33FN11O11PS/c1-14(2)26(44)39-30-38-25-21(27(45)40-30)35-13-42(25)28-17(8-16(10-43)50-28)53-55(48,49)36-9-18-22(52-54(46)47)19(31)29(51-18)41-12-34-20-23(32-11-33-24(20)41)37-15-6-4-3-5-7-15/h3-7,11-14,16-19,22,28-29,36,43H,8-10H2,1-2H3,(H3-,32,33,37,38,39,40,44,45,46,47)/p+1/t16-,17+,18+,19+,22+,28+,29+/m0/s1. The van der Waals surface area contributed by atoms with Gasteiger partial charge in [-0.15, -0.1) is 9.42 Å². The third-order valence-electron chi connectivity index (χ3n) is 8.68. The Morgan fingerprint density at radius 1 is 1.09 bits per heavy atom. The van der Waals surface area contributed by atoms with Crippen LogP contribution in [0.2, 0.25) is 0 Å². The maximum atomic E-state index is 16.0. The number of carbonyl (C=O) groups is 1. The number of benzene rings is 1. The number of aromatic amines is 1. The lowest BCUT2D eigenvalue weighted by Gasteiger charge is -2.21. The molecule has 1 aromatic carbocycles. The molecule has 1 amide bonds. The quantitative estimate of drug-likeness (QED) is 0.0856. The van der Waals surface area contributed by atoms with E-state index in [1.807, 2.05) is 18.2 Å². The minimum atomic E-state index is -4.75. The highest BCUT2D eigenvalue weighted by Gasteiger charge is 2.52. The molecule has 2 aliphatic heterocycles.